The predicted molar refractivity (Wildman–Crippen MR) is 108 cm³/mol. The van der Waals surface area contributed by atoms with Gasteiger partial charge in [0, 0.05) is 15.7 Å². The van der Waals surface area contributed by atoms with E-state index in [-0.39, 0.29) is 29.9 Å². The van der Waals surface area contributed by atoms with Gasteiger partial charge < -0.3 is 5.32 Å². The van der Waals surface area contributed by atoms with Crippen LogP contribution in [0.25, 0.3) is 0 Å². The zero-order valence-corrected chi connectivity index (χ0v) is 16.1. The number of para-hydroxylation sites is 1. The Kier molecular flexibility index (Phi) is 5.74. The third kappa shape index (κ3) is 4.40. The van der Waals surface area contributed by atoms with Crippen LogP contribution in [0.4, 0.5) is 11.4 Å². The van der Waals surface area contributed by atoms with Crippen LogP contribution < -0.4 is 10.2 Å². The fourth-order valence-electron chi connectivity index (χ4n) is 2.49. The van der Waals surface area contributed by atoms with Crippen molar-refractivity contribution in [3.8, 4) is 0 Å². The Morgan fingerprint density at radius 2 is 1.80 bits per heavy atom. The molecule has 7 heteroatoms. The first-order chi connectivity index (χ1) is 12.0. The molecule has 1 heterocycles. The van der Waals surface area contributed by atoms with E-state index in [1.165, 1.54) is 16.7 Å². The molecule has 3 amide bonds. The van der Waals surface area contributed by atoms with Crippen molar-refractivity contribution >= 4 is 63.4 Å². The van der Waals surface area contributed by atoms with Gasteiger partial charge in [0.05, 0.1) is 16.7 Å². The summed E-state index contributed by atoms with van der Waals surface area (Å²) in [5.74, 6) is -0.556. The monoisotopic (exact) mass is 466 g/mol. The summed E-state index contributed by atoms with van der Waals surface area (Å²) in [4.78, 5) is 37.9. The molecule has 1 atom stereocenters. The number of amides is 3. The van der Waals surface area contributed by atoms with Gasteiger partial charge in [0.25, 0.3) is 0 Å². The standard InChI is InChI=1S/C18H15IN2O3S/c19-12-6-8-14(9-7-12)21-17(23)10-15(18(21)24)25-11-16(22)20-13-4-2-1-3-5-13/h1-9,15H,10-11H2,(H,20,22). The van der Waals surface area contributed by atoms with E-state index in [1.807, 2.05) is 30.3 Å². The topological polar surface area (TPSA) is 66.5 Å². The van der Waals surface area contributed by atoms with Crippen LogP contribution in [0, 0.1) is 3.57 Å². The van der Waals surface area contributed by atoms with E-state index in [4.69, 9.17) is 0 Å². The van der Waals surface area contributed by atoms with Crippen molar-refractivity contribution < 1.29 is 14.4 Å². The number of nitrogens with one attached hydrogen (secondary N) is 1. The molecule has 1 N–H and O–H groups in total. The number of halogens is 1. The zero-order valence-electron chi connectivity index (χ0n) is 13.1. The lowest BCUT2D eigenvalue weighted by molar-refractivity contribution is -0.121. The highest BCUT2D eigenvalue weighted by Crippen LogP contribution is 2.30. The predicted octanol–water partition coefficient (Wildman–Crippen LogP) is 3.30. The number of hydrogen-bond acceptors (Lipinski definition) is 4. The maximum atomic E-state index is 12.5. The van der Waals surface area contributed by atoms with E-state index >= 15 is 0 Å². The number of thioether (sulfide) groups is 1. The van der Waals surface area contributed by atoms with E-state index in [1.54, 1.807) is 24.3 Å². The van der Waals surface area contributed by atoms with Crippen LogP contribution in [-0.4, -0.2) is 28.7 Å². The molecule has 1 aliphatic rings. The van der Waals surface area contributed by atoms with Crippen LogP contribution in [-0.2, 0) is 14.4 Å². The van der Waals surface area contributed by atoms with Crippen molar-refractivity contribution in [3.05, 3.63) is 58.2 Å². The number of rotatable bonds is 5. The lowest BCUT2D eigenvalue weighted by Gasteiger charge is -2.15. The molecule has 128 valence electrons. The molecule has 25 heavy (non-hydrogen) atoms. The average molecular weight is 466 g/mol. The highest BCUT2D eigenvalue weighted by Gasteiger charge is 2.39. The zero-order chi connectivity index (χ0) is 17.8. The van der Waals surface area contributed by atoms with Crippen molar-refractivity contribution in [1.29, 1.82) is 0 Å². The fraction of sp³-hybridized carbons (Fsp3) is 0.167. The molecular weight excluding hydrogens is 451 g/mol. The summed E-state index contributed by atoms with van der Waals surface area (Å²) < 4.78 is 1.03. The minimum Gasteiger partial charge on any atom is -0.325 e. The molecular formula is C18H15IN2O3S. The van der Waals surface area contributed by atoms with Crippen LogP contribution in [0.5, 0.6) is 0 Å². The van der Waals surface area contributed by atoms with Gasteiger partial charge in [0.15, 0.2) is 0 Å². The largest absolute Gasteiger partial charge is 0.325 e. The number of carbonyl (C=O) groups excluding carboxylic acids is 3. The summed E-state index contributed by atoms with van der Waals surface area (Å²) in [6.07, 6.45) is 0.119. The molecule has 1 aliphatic heterocycles. The summed E-state index contributed by atoms with van der Waals surface area (Å²) in [7, 11) is 0. The maximum Gasteiger partial charge on any atom is 0.247 e. The van der Waals surface area contributed by atoms with Gasteiger partial charge in [-0.1, -0.05) is 18.2 Å². The molecule has 1 unspecified atom stereocenters. The van der Waals surface area contributed by atoms with Crippen LogP contribution in [0.2, 0.25) is 0 Å². The van der Waals surface area contributed by atoms with Crippen LogP contribution in [0.1, 0.15) is 6.42 Å². The first-order valence-corrected chi connectivity index (χ1v) is 9.76. The molecule has 2 aromatic rings. The number of imide groups is 1. The summed E-state index contributed by atoms with van der Waals surface area (Å²) in [5, 5.41) is 2.25. The molecule has 0 bridgehead atoms. The quantitative estimate of drug-likeness (QED) is 0.543. The Morgan fingerprint density at radius 1 is 1.12 bits per heavy atom. The van der Waals surface area contributed by atoms with Gasteiger partial charge in [-0.15, -0.1) is 11.8 Å². The molecule has 1 saturated heterocycles. The third-order valence-electron chi connectivity index (χ3n) is 3.66. The SMILES string of the molecule is O=C(CSC1CC(=O)N(c2ccc(I)cc2)C1=O)Nc1ccccc1. The molecule has 5 nitrogen and oxygen atoms in total. The number of nitrogens with zero attached hydrogens (tertiary/aromatic N) is 1. The van der Waals surface area contributed by atoms with Gasteiger partial charge in [-0.25, -0.2) is 4.90 Å². The number of carbonyl (C=O) groups is 3. The van der Waals surface area contributed by atoms with Gasteiger partial charge >= 0.3 is 0 Å². The molecule has 3 rings (SSSR count). The van der Waals surface area contributed by atoms with E-state index < -0.39 is 5.25 Å². The van der Waals surface area contributed by atoms with Crippen molar-refractivity contribution in [2.24, 2.45) is 0 Å². The number of hydrogen-bond donors (Lipinski definition) is 1. The Morgan fingerprint density at radius 3 is 2.48 bits per heavy atom. The normalized spacial score (nSPS) is 17.0. The maximum absolute atomic E-state index is 12.5. The van der Waals surface area contributed by atoms with Crippen molar-refractivity contribution in [1.82, 2.24) is 0 Å². The van der Waals surface area contributed by atoms with E-state index in [2.05, 4.69) is 27.9 Å². The molecule has 0 aromatic heterocycles. The van der Waals surface area contributed by atoms with Crippen molar-refractivity contribution in [3.63, 3.8) is 0 Å². The molecule has 2 aromatic carbocycles. The van der Waals surface area contributed by atoms with Gasteiger partial charge in [-0.3, -0.25) is 14.4 Å². The number of benzene rings is 2. The third-order valence-corrected chi connectivity index (χ3v) is 5.58. The lowest BCUT2D eigenvalue weighted by atomic mass is 10.3. The van der Waals surface area contributed by atoms with Crippen LogP contribution in [0.3, 0.4) is 0 Å². The summed E-state index contributed by atoms with van der Waals surface area (Å²) in [5.41, 5.74) is 1.29. The first kappa shape index (κ1) is 17.9. The molecule has 1 fully saturated rings. The molecule has 0 spiro atoms. The van der Waals surface area contributed by atoms with E-state index in [0.29, 0.717) is 11.4 Å². The second kappa shape index (κ2) is 8.01. The second-order valence-electron chi connectivity index (χ2n) is 5.46. The molecule has 0 aliphatic carbocycles. The Bertz CT molecular complexity index is 796. The Labute approximate surface area is 163 Å². The van der Waals surface area contributed by atoms with Crippen molar-refractivity contribution in [2.75, 3.05) is 16.0 Å². The highest BCUT2D eigenvalue weighted by atomic mass is 127. The molecule has 0 radical (unpaired) electrons. The second-order valence-corrected chi connectivity index (χ2v) is 7.90. The van der Waals surface area contributed by atoms with E-state index in [9.17, 15) is 14.4 Å². The Balaban J connectivity index is 1.59. The van der Waals surface area contributed by atoms with Gasteiger partial charge in [-0.05, 0) is 59.0 Å². The van der Waals surface area contributed by atoms with Gasteiger partial charge in [0.2, 0.25) is 17.7 Å². The van der Waals surface area contributed by atoms with Crippen LogP contribution in [0.15, 0.2) is 54.6 Å². The number of anilines is 2. The Hall–Kier alpha value is -1.87. The molecule has 0 saturated carbocycles. The highest BCUT2D eigenvalue weighted by molar-refractivity contribution is 14.1. The average Bonchev–Trinajstić information content (AvgIpc) is 2.89. The van der Waals surface area contributed by atoms with Gasteiger partial charge in [0.1, 0.15) is 0 Å². The first-order valence-electron chi connectivity index (χ1n) is 7.63. The van der Waals surface area contributed by atoms with Gasteiger partial charge in [-0.2, -0.15) is 0 Å². The minimum atomic E-state index is -0.520. The van der Waals surface area contributed by atoms with E-state index in [0.717, 1.165) is 3.57 Å². The smallest absolute Gasteiger partial charge is 0.247 e. The summed E-state index contributed by atoms with van der Waals surface area (Å²) in [6, 6.07) is 16.3. The lowest BCUT2D eigenvalue weighted by Crippen LogP contribution is -2.31. The minimum absolute atomic E-state index is 0.119. The van der Waals surface area contributed by atoms with Crippen LogP contribution >= 0.6 is 34.4 Å². The van der Waals surface area contributed by atoms with Crippen molar-refractivity contribution in [2.45, 2.75) is 11.7 Å². The summed E-state index contributed by atoms with van der Waals surface area (Å²) >= 11 is 3.37. The fourth-order valence-corrected chi connectivity index (χ4v) is 3.78. The summed E-state index contributed by atoms with van der Waals surface area (Å²) in [6.45, 7) is 0.